The zero-order chi connectivity index (χ0) is 15.4. The summed E-state index contributed by atoms with van der Waals surface area (Å²) in [5.74, 6) is 1.69. The predicted octanol–water partition coefficient (Wildman–Crippen LogP) is 2.00. The first-order valence-electron chi connectivity index (χ1n) is 7.70. The molecule has 2 N–H and O–H groups in total. The predicted molar refractivity (Wildman–Crippen MR) is 87.3 cm³/mol. The standard InChI is InChI=1S/C17H22N4O/c1-22-16-4-2-13(3-5-16)12-15-6-9-19-17(20-15)21-10-7-14(18)8-11-21/h2-6,9,14H,7-8,10-12,18H2,1H3. The van der Waals surface area contributed by atoms with Crippen molar-refractivity contribution in [2.45, 2.75) is 25.3 Å². The second-order valence-electron chi connectivity index (χ2n) is 5.70. The van der Waals surface area contributed by atoms with Gasteiger partial charge in [0.05, 0.1) is 12.8 Å². The Kier molecular flexibility index (Phi) is 4.53. The Bertz CT molecular complexity index is 606. The van der Waals surface area contributed by atoms with Gasteiger partial charge in [-0.1, -0.05) is 12.1 Å². The molecule has 0 amide bonds. The molecule has 1 saturated heterocycles. The van der Waals surface area contributed by atoms with Gasteiger partial charge in [-0.25, -0.2) is 9.97 Å². The Labute approximate surface area is 131 Å². The summed E-state index contributed by atoms with van der Waals surface area (Å²) in [6, 6.07) is 10.4. The Morgan fingerprint density at radius 2 is 1.91 bits per heavy atom. The van der Waals surface area contributed by atoms with Crippen LogP contribution in [-0.2, 0) is 6.42 Å². The third-order valence-corrected chi connectivity index (χ3v) is 4.07. The maximum absolute atomic E-state index is 5.95. The van der Waals surface area contributed by atoms with Gasteiger partial charge in [0.15, 0.2) is 0 Å². The number of hydrogen-bond donors (Lipinski definition) is 1. The maximum atomic E-state index is 5.95. The Morgan fingerprint density at radius 3 is 2.59 bits per heavy atom. The van der Waals surface area contributed by atoms with Crippen LogP contribution >= 0.6 is 0 Å². The van der Waals surface area contributed by atoms with Crippen molar-refractivity contribution in [3.8, 4) is 5.75 Å². The monoisotopic (exact) mass is 298 g/mol. The second-order valence-corrected chi connectivity index (χ2v) is 5.70. The summed E-state index contributed by atoms with van der Waals surface area (Å²) in [7, 11) is 1.68. The van der Waals surface area contributed by atoms with E-state index >= 15 is 0 Å². The Balaban J connectivity index is 1.70. The number of benzene rings is 1. The molecule has 1 aromatic carbocycles. The molecule has 22 heavy (non-hydrogen) atoms. The normalized spacial score (nSPS) is 15.8. The van der Waals surface area contributed by atoms with E-state index in [-0.39, 0.29) is 0 Å². The Hall–Kier alpha value is -2.14. The fourth-order valence-corrected chi connectivity index (χ4v) is 2.69. The molecule has 0 aliphatic carbocycles. The summed E-state index contributed by atoms with van der Waals surface area (Å²) < 4.78 is 5.18. The fraction of sp³-hybridized carbons (Fsp3) is 0.412. The number of methoxy groups -OCH3 is 1. The lowest BCUT2D eigenvalue weighted by Crippen LogP contribution is -2.40. The lowest BCUT2D eigenvalue weighted by atomic mass is 10.1. The van der Waals surface area contributed by atoms with Crippen LogP contribution in [0.5, 0.6) is 5.75 Å². The molecular weight excluding hydrogens is 276 g/mol. The number of hydrogen-bond acceptors (Lipinski definition) is 5. The fourth-order valence-electron chi connectivity index (χ4n) is 2.69. The van der Waals surface area contributed by atoms with Crippen LogP contribution in [0.2, 0.25) is 0 Å². The molecular formula is C17H22N4O. The van der Waals surface area contributed by atoms with Crippen molar-refractivity contribution < 1.29 is 4.74 Å². The molecule has 5 nitrogen and oxygen atoms in total. The largest absolute Gasteiger partial charge is 0.497 e. The zero-order valence-corrected chi connectivity index (χ0v) is 12.9. The summed E-state index contributed by atoms with van der Waals surface area (Å²) >= 11 is 0. The van der Waals surface area contributed by atoms with Gasteiger partial charge in [0.1, 0.15) is 5.75 Å². The first-order valence-corrected chi connectivity index (χ1v) is 7.70. The lowest BCUT2D eigenvalue weighted by Gasteiger charge is -2.30. The van der Waals surface area contributed by atoms with Crippen LogP contribution in [0.4, 0.5) is 5.95 Å². The molecule has 1 aromatic heterocycles. The van der Waals surface area contributed by atoms with E-state index in [2.05, 4.69) is 22.0 Å². The van der Waals surface area contributed by atoms with E-state index in [4.69, 9.17) is 15.5 Å². The average molecular weight is 298 g/mol. The summed E-state index contributed by atoms with van der Waals surface area (Å²) in [5.41, 5.74) is 8.20. The zero-order valence-electron chi connectivity index (χ0n) is 12.9. The van der Waals surface area contributed by atoms with E-state index in [1.807, 2.05) is 24.4 Å². The molecule has 0 unspecified atom stereocenters. The van der Waals surface area contributed by atoms with Crippen molar-refractivity contribution in [3.05, 3.63) is 47.8 Å². The Morgan fingerprint density at radius 1 is 1.18 bits per heavy atom. The minimum absolute atomic E-state index is 0.318. The third-order valence-electron chi connectivity index (χ3n) is 4.07. The summed E-state index contributed by atoms with van der Waals surface area (Å²) in [4.78, 5) is 11.3. The molecule has 1 aliphatic heterocycles. The van der Waals surface area contributed by atoms with E-state index < -0.39 is 0 Å². The van der Waals surface area contributed by atoms with Crippen LogP contribution < -0.4 is 15.4 Å². The number of nitrogens with zero attached hydrogens (tertiary/aromatic N) is 3. The number of ether oxygens (including phenoxy) is 1. The molecule has 116 valence electrons. The lowest BCUT2D eigenvalue weighted by molar-refractivity contribution is 0.414. The van der Waals surface area contributed by atoms with Gasteiger partial charge in [0.25, 0.3) is 0 Å². The molecule has 0 spiro atoms. The molecule has 0 atom stereocenters. The smallest absolute Gasteiger partial charge is 0.225 e. The van der Waals surface area contributed by atoms with E-state index in [0.29, 0.717) is 6.04 Å². The first-order chi connectivity index (χ1) is 10.7. The van der Waals surface area contributed by atoms with Gasteiger partial charge >= 0.3 is 0 Å². The maximum Gasteiger partial charge on any atom is 0.225 e. The highest BCUT2D eigenvalue weighted by Crippen LogP contribution is 2.17. The van der Waals surface area contributed by atoms with Crippen LogP contribution in [0.15, 0.2) is 36.5 Å². The van der Waals surface area contributed by atoms with Crippen LogP contribution in [0.1, 0.15) is 24.1 Å². The van der Waals surface area contributed by atoms with Gasteiger partial charge < -0.3 is 15.4 Å². The van der Waals surface area contributed by atoms with Gasteiger partial charge in [-0.3, -0.25) is 0 Å². The topological polar surface area (TPSA) is 64.3 Å². The van der Waals surface area contributed by atoms with Crippen LogP contribution in [-0.4, -0.2) is 36.2 Å². The molecule has 0 radical (unpaired) electrons. The van der Waals surface area contributed by atoms with Crippen molar-refractivity contribution in [1.29, 1.82) is 0 Å². The first kappa shape index (κ1) is 14.8. The number of nitrogens with two attached hydrogens (primary N) is 1. The van der Waals surface area contributed by atoms with Crippen molar-refractivity contribution in [2.24, 2.45) is 5.73 Å². The summed E-state index contributed by atoms with van der Waals surface area (Å²) in [6.07, 6.45) is 4.65. The molecule has 0 saturated carbocycles. The second kappa shape index (κ2) is 6.75. The highest BCUT2D eigenvalue weighted by atomic mass is 16.5. The molecule has 1 aliphatic rings. The molecule has 3 rings (SSSR count). The third kappa shape index (κ3) is 3.54. The molecule has 2 heterocycles. The number of piperidine rings is 1. The number of aromatic nitrogens is 2. The van der Waals surface area contributed by atoms with Crippen molar-refractivity contribution in [1.82, 2.24) is 9.97 Å². The molecule has 1 fully saturated rings. The van der Waals surface area contributed by atoms with Crippen LogP contribution in [0, 0.1) is 0 Å². The van der Waals surface area contributed by atoms with Crippen molar-refractivity contribution in [2.75, 3.05) is 25.1 Å². The van der Waals surface area contributed by atoms with Crippen molar-refractivity contribution in [3.63, 3.8) is 0 Å². The van der Waals surface area contributed by atoms with Gasteiger partial charge in [-0.2, -0.15) is 0 Å². The van der Waals surface area contributed by atoms with E-state index in [0.717, 1.165) is 49.7 Å². The average Bonchev–Trinajstić information content (AvgIpc) is 2.56. The molecule has 5 heteroatoms. The summed E-state index contributed by atoms with van der Waals surface area (Å²) in [6.45, 7) is 1.88. The SMILES string of the molecule is COc1ccc(Cc2ccnc(N3CCC(N)CC3)n2)cc1. The van der Waals surface area contributed by atoms with E-state index in [9.17, 15) is 0 Å². The van der Waals surface area contributed by atoms with E-state index in [1.54, 1.807) is 7.11 Å². The molecule has 2 aromatic rings. The van der Waals surface area contributed by atoms with Crippen LogP contribution in [0.3, 0.4) is 0 Å². The van der Waals surface area contributed by atoms with Gasteiger partial charge in [-0.05, 0) is 36.6 Å². The minimum atomic E-state index is 0.318. The highest BCUT2D eigenvalue weighted by molar-refractivity contribution is 5.34. The van der Waals surface area contributed by atoms with Crippen molar-refractivity contribution >= 4 is 5.95 Å². The number of rotatable bonds is 4. The molecule has 0 bridgehead atoms. The quantitative estimate of drug-likeness (QED) is 0.935. The van der Waals surface area contributed by atoms with Gasteiger partial charge in [0.2, 0.25) is 5.95 Å². The van der Waals surface area contributed by atoms with Gasteiger partial charge in [-0.15, -0.1) is 0 Å². The highest BCUT2D eigenvalue weighted by Gasteiger charge is 2.18. The summed E-state index contributed by atoms with van der Waals surface area (Å²) in [5, 5.41) is 0. The van der Waals surface area contributed by atoms with Crippen LogP contribution in [0.25, 0.3) is 0 Å². The van der Waals surface area contributed by atoms with E-state index in [1.165, 1.54) is 5.56 Å². The van der Waals surface area contributed by atoms with Gasteiger partial charge in [0, 0.05) is 31.7 Å². The number of anilines is 1. The minimum Gasteiger partial charge on any atom is -0.497 e.